The summed E-state index contributed by atoms with van der Waals surface area (Å²) in [6, 6.07) is 0. The highest BCUT2D eigenvalue weighted by atomic mass is 32.2. The van der Waals surface area contributed by atoms with Crippen molar-refractivity contribution in [1.82, 2.24) is 9.36 Å². The first kappa shape index (κ1) is 14.9. The molecule has 1 saturated heterocycles. The molecular weight excluding hydrogens is 297 g/mol. The minimum Gasteiger partial charge on any atom is -0.347 e. The van der Waals surface area contributed by atoms with Gasteiger partial charge in [0.05, 0.1) is 0 Å². The fourth-order valence-corrected chi connectivity index (χ4v) is 3.55. The minimum absolute atomic E-state index is 0.0496. The van der Waals surface area contributed by atoms with Crippen LogP contribution in [0.1, 0.15) is 18.7 Å². The summed E-state index contributed by atoms with van der Waals surface area (Å²) in [6.45, 7) is 1.93. The molecule has 1 fully saturated rings. The van der Waals surface area contributed by atoms with Crippen molar-refractivity contribution in [1.29, 1.82) is 0 Å². The Morgan fingerprint density at radius 3 is 2.47 bits per heavy atom. The van der Waals surface area contributed by atoms with Crippen LogP contribution in [0.5, 0.6) is 0 Å². The number of nitrogens with zero attached hydrogens (tertiary/aromatic N) is 3. The van der Waals surface area contributed by atoms with E-state index in [1.165, 1.54) is 0 Å². The van der Waals surface area contributed by atoms with E-state index in [2.05, 4.69) is 9.36 Å². The Labute approximate surface area is 117 Å². The second-order valence-corrected chi connectivity index (χ2v) is 6.48. The van der Waals surface area contributed by atoms with Crippen molar-refractivity contribution in [2.24, 2.45) is 5.73 Å². The topological polar surface area (TPSA) is 55.0 Å². The van der Waals surface area contributed by atoms with Crippen LogP contribution in [0, 0.1) is 0 Å². The van der Waals surface area contributed by atoms with Crippen LogP contribution >= 0.6 is 23.3 Å². The first-order valence-corrected chi connectivity index (χ1v) is 7.81. The molecule has 9 heteroatoms. The number of alkyl halides is 3. The molecule has 0 unspecified atom stereocenters. The molecule has 0 aromatic carbocycles. The summed E-state index contributed by atoms with van der Waals surface area (Å²) in [5, 5.41) is 0.346. The first-order chi connectivity index (χ1) is 8.90. The normalized spacial score (nSPS) is 19.7. The summed E-state index contributed by atoms with van der Waals surface area (Å²) in [4.78, 5) is 5.43. The van der Waals surface area contributed by atoms with Crippen LogP contribution in [0.3, 0.4) is 0 Å². The molecular formula is C10H15F3N4S2. The lowest BCUT2D eigenvalue weighted by Crippen LogP contribution is -2.46. The molecule has 19 heavy (non-hydrogen) atoms. The minimum atomic E-state index is -4.47. The maximum atomic E-state index is 12.4. The van der Waals surface area contributed by atoms with E-state index in [0.717, 1.165) is 24.4 Å². The molecule has 2 N–H and O–H groups in total. The number of rotatable bonds is 3. The number of anilines is 1. The second-order valence-electron chi connectivity index (χ2n) is 4.48. The molecule has 0 aliphatic carbocycles. The van der Waals surface area contributed by atoms with Crippen LogP contribution in [0.25, 0.3) is 0 Å². The third kappa shape index (κ3) is 3.14. The summed E-state index contributed by atoms with van der Waals surface area (Å²) in [6.07, 6.45) is -0.739. The number of nitrogens with two attached hydrogens (primary N) is 1. The van der Waals surface area contributed by atoms with E-state index in [1.807, 2.05) is 11.2 Å². The fraction of sp³-hybridized carbons (Fsp3) is 0.800. The maximum absolute atomic E-state index is 12.4. The average molecular weight is 312 g/mol. The molecule has 1 aromatic rings. The van der Waals surface area contributed by atoms with Gasteiger partial charge in [-0.1, -0.05) is 0 Å². The van der Waals surface area contributed by atoms with Crippen LogP contribution in [0.4, 0.5) is 18.3 Å². The summed E-state index contributed by atoms with van der Waals surface area (Å²) < 4.78 is 40.8. The highest BCUT2D eigenvalue weighted by Gasteiger charge is 2.38. The van der Waals surface area contributed by atoms with Crippen LogP contribution < -0.4 is 10.6 Å². The molecule has 1 aliphatic rings. The van der Waals surface area contributed by atoms with Crippen LogP contribution in [-0.4, -0.2) is 40.0 Å². The molecule has 0 amide bonds. The molecule has 2 rings (SSSR count). The van der Waals surface area contributed by atoms with Gasteiger partial charge < -0.3 is 10.6 Å². The van der Waals surface area contributed by atoms with Gasteiger partial charge >= 0.3 is 6.18 Å². The molecule has 4 nitrogen and oxygen atoms in total. The SMILES string of the molecule is CSC1(CN)CCN(c2nc(C(F)(F)F)ns2)CC1. The Morgan fingerprint density at radius 1 is 1.42 bits per heavy atom. The summed E-state index contributed by atoms with van der Waals surface area (Å²) >= 11 is 2.54. The van der Waals surface area contributed by atoms with Crippen LogP contribution in [0.2, 0.25) is 0 Å². The predicted molar refractivity (Wildman–Crippen MR) is 71.7 cm³/mol. The Morgan fingerprint density at radius 2 is 2.05 bits per heavy atom. The molecule has 1 aliphatic heterocycles. The number of halogens is 3. The van der Waals surface area contributed by atoms with E-state index in [9.17, 15) is 13.2 Å². The van der Waals surface area contributed by atoms with Gasteiger partial charge in [-0.3, -0.25) is 0 Å². The fourth-order valence-electron chi connectivity index (χ4n) is 2.06. The van der Waals surface area contributed by atoms with E-state index in [1.54, 1.807) is 11.8 Å². The van der Waals surface area contributed by atoms with Crippen molar-refractivity contribution in [2.45, 2.75) is 23.8 Å². The highest BCUT2D eigenvalue weighted by Crippen LogP contribution is 2.36. The number of piperidine rings is 1. The number of aromatic nitrogens is 2. The Kier molecular flexibility index (Phi) is 4.26. The van der Waals surface area contributed by atoms with Crippen molar-refractivity contribution < 1.29 is 13.2 Å². The highest BCUT2D eigenvalue weighted by molar-refractivity contribution is 8.00. The lowest BCUT2D eigenvalue weighted by Gasteiger charge is -2.39. The van der Waals surface area contributed by atoms with Crippen LogP contribution in [-0.2, 0) is 6.18 Å². The van der Waals surface area contributed by atoms with E-state index >= 15 is 0 Å². The summed E-state index contributed by atoms with van der Waals surface area (Å²) in [5.41, 5.74) is 5.78. The molecule has 0 radical (unpaired) electrons. The van der Waals surface area contributed by atoms with E-state index in [-0.39, 0.29) is 4.75 Å². The van der Waals surface area contributed by atoms with Crippen LogP contribution in [0.15, 0.2) is 0 Å². The number of thioether (sulfide) groups is 1. The van der Waals surface area contributed by atoms with Crippen molar-refractivity contribution >= 4 is 28.4 Å². The molecule has 108 valence electrons. The number of hydrogen-bond acceptors (Lipinski definition) is 6. The monoisotopic (exact) mass is 312 g/mol. The zero-order valence-corrected chi connectivity index (χ0v) is 12.0. The molecule has 1 aromatic heterocycles. The first-order valence-electron chi connectivity index (χ1n) is 5.81. The second kappa shape index (κ2) is 5.45. The van der Waals surface area contributed by atoms with Gasteiger partial charge in [0.2, 0.25) is 11.0 Å². The van der Waals surface area contributed by atoms with Gasteiger partial charge in [0.15, 0.2) is 0 Å². The third-order valence-corrected chi connectivity index (χ3v) is 5.64. The summed E-state index contributed by atoms with van der Waals surface area (Å²) in [7, 11) is 0. The smallest absolute Gasteiger partial charge is 0.347 e. The predicted octanol–water partition coefficient (Wildman–Crippen LogP) is 2.22. The average Bonchev–Trinajstić information content (AvgIpc) is 2.88. The Balaban J connectivity index is 2.04. The van der Waals surface area contributed by atoms with Crippen molar-refractivity contribution in [3.8, 4) is 0 Å². The quantitative estimate of drug-likeness (QED) is 0.927. The van der Waals surface area contributed by atoms with Gasteiger partial charge in [-0.2, -0.15) is 34.3 Å². The Bertz CT molecular complexity index is 421. The molecule has 2 heterocycles. The molecule has 0 spiro atoms. The third-order valence-electron chi connectivity index (χ3n) is 3.42. The molecule has 0 atom stereocenters. The maximum Gasteiger partial charge on any atom is 0.452 e. The van der Waals surface area contributed by atoms with Crippen molar-refractivity contribution in [3.05, 3.63) is 5.82 Å². The number of hydrogen-bond donors (Lipinski definition) is 1. The Hall–Kier alpha value is -0.540. The van der Waals surface area contributed by atoms with E-state index in [4.69, 9.17) is 5.73 Å². The van der Waals surface area contributed by atoms with Gasteiger partial charge in [-0.25, -0.2) is 0 Å². The standard InChI is InChI=1S/C10H15F3N4S2/c1-18-9(6-14)2-4-17(5-3-9)8-15-7(16-19-8)10(11,12)13/h2-6,14H2,1H3. The van der Waals surface area contributed by atoms with E-state index in [0.29, 0.717) is 24.8 Å². The lowest BCUT2D eigenvalue weighted by molar-refractivity contribution is -0.144. The van der Waals surface area contributed by atoms with Gasteiger partial charge in [-0.15, -0.1) is 0 Å². The zero-order chi connectivity index (χ0) is 14.1. The van der Waals surface area contributed by atoms with Gasteiger partial charge in [0.1, 0.15) is 0 Å². The van der Waals surface area contributed by atoms with Gasteiger partial charge in [-0.05, 0) is 19.1 Å². The lowest BCUT2D eigenvalue weighted by atomic mass is 9.96. The zero-order valence-electron chi connectivity index (χ0n) is 10.4. The molecule has 0 bridgehead atoms. The largest absolute Gasteiger partial charge is 0.452 e. The molecule has 0 saturated carbocycles. The van der Waals surface area contributed by atoms with Gasteiger partial charge in [0.25, 0.3) is 0 Å². The van der Waals surface area contributed by atoms with E-state index < -0.39 is 12.0 Å². The van der Waals surface area contributed by atoms with Gasteiger partial charge in [0, 0.05) is 35.9 Å². The van der Waals surface area contributed by atoms with Crippen molar-refractivity contribution in [3.63, 3.8) is 0 Å². The summed E-state index contributed by atoms with van der Waals surface area (Å²) in [5.74, 6) is -1.05. The van der Waals surface area contributed by atoms with Crippen molar-refractivity contribution in [2.75, 3.05) is 30.8 Å².